The van der Waals surface area contributed by atoms with Gasteiger partial charge >= 0.3 is 0 Å². The van der Waals surface area contributed by atoms with Crippen molar-refractivity contribution >= 4 is 22.5 Å². The van der Waals surface area contributed by atoms with E-state index in [2.05, 4.69) is 15.3 Å². The van der Waals surface area contributed by atoms with Crippen LogP contribution < -0.4 is 5.32 Å². The van der Waals surface area contributed by atoms with Crippen molar-refractivity contribution in [3.63, 3.8) is 0 Å². The van der Waals surface area contributed by atoms with Crippen LogP contribution in [-0.4, -0.2) is 20.4 Å². The van der Waals surface area contributed by atoms with Crippen molar-refractivity contribution < 1.29 is 4.79 Å². The molecule has 1 N–H and O–H groups in total. The molecule has 0 atom stereocenters. The van der Waals surface area contributed by atoms with E-state index >= 15 is 0 Å². The summed E-state index contributed by atoms with van der Waals surface area (Å²) in [6, 6.07) is 9.69. The van der Waals surface area contributed by atoms with E-state index in [1.165, 1.54) is 0 Å². The Bertz CT molecular complexity index is 816. The van der Waals surface area contributed by atoms with Crippen molar-refractivity contribution in [1.82, 2.24) is 14.5 Å². The van der Waals surface area contributed by atoms with Gasteiger partial charge in [-0.2, -0.15) is 0 Å². The zero-order valence-electron chi connectivity index (χ0n) is 12.9. The third-order valence-electron chi connectivity index (χ3n) is 3.40. The van der Waals surface area contributed by atoms with Crippen LogP contribution in [-0.2, 0) is 4.79 Å². The number of rotatable bonds is 2. The first-order valence-corrected chi connectivity index (χ1v) is 7.15. The molecule has 1 aromatic carbocycles. The molecule has 3 aromatic rings. The highest BCUT2D eigenvalue weighted by molar-refractivity contribution is 6.02. The lowest BCUT2D eigenvalue weighted by Gasteiger charge is -2.18. The van der Waals surface area contributed by atoms with E-state index in [9.17, 15) is 4.79 Å². The van der Waals surface area contributed by atoms with Gasteiger partial charge in [-0.25, -0.2) is 9.97 Å². The Morgan fingerprint density at radius 2 is 2.00 bits per heavy atom. The van der Waals surface area contributed by atoms with Gasteiger partial charge in [-0.1, -0.05) is 32.9 Å². The van der Waals surface area contributed by atoms with E-state index < -0.39 is 5.41 Å². The number of hydrogen-bond acceptors (Lipinski definition) is 3. The van der Waals surface area contributed by atoms with Gasteiger partial charge in [-0.3, -0.25) is 9.36 Å². The number of carbonyl (C=O) groups is 1. The summed E-state index contributed by atoms with van der Waals surface area (Å²) in [5.41, 5.74) is 1.04. The van der Waals surface area contributed by atoms with Crippen molar-refractivity contribution in [3.8, 4) is 5.82 Å². The molecule has 2 heterocycles. The van der Waals surface area contributed by atoms with Gasteiger partial charge in [0, 0.05) is 23.2 Å². The van der Waals surface area contributed by atoms with Crippen molar-refractivity contribution in [3.05, 3.63) is 49.1 Å². The number of benzene rings is 1. The Morgan fingerprint density at radius 3 is 2.68 bits per heavy atom. The molecule has 0 aliphatic rings. The molecule has 0 fully saturated rings. The first-order valence-electron chi connectivity index (χ1n) is 7.15. The average Bonchev–Trinajstić information content (AvgIpc) is 3.00. The average molecular weight is 294 g/mol. The minimum absolute atomic E-state index is 0.0326. The molecule has 3 rings (SSSR count). The molecule has 5 heteroatoms. The SMILES string of the molecule is CC(C)(C)C(=O)Nc1cccc2ccc(-n3ccnc3)nc12. The van der Waals surface area contributed by atoms with E-state index in [1.54, 1.807) is 12.5 Å². The fourth-order valence-corrected chi connectivity index (χ4v) is 2.09. The zero-order valence-corrected chi connectivity index (χ0v) is 12.9. The molecule has 0 saturated carbocycles. The maximum absolute atomic E-state index is 12.2. The highest BCUT2D eigenvalue weighted by Gasteiger charge is 2.22. The Labute approximate surface area is 129 Å². The van der Waals surface area contributed by atoms with Gasteiger partial charge in [-0.05, 0) is 18.2 Å². The normalized spacial score (nSPS) is 11.6. The number of amides is 1. The molecular formula is C17H18N4O. The molecule has 1 amide bonds. The molecule has 112 valence electrons. The number of hydrogen-bond donors (Lipinski definition) is 1. The monoisotopic (exact) mass is 294 g/mol. The predicted molar refractivity (Wildman–Crippen MR) is 86.9 cm³/mol. The Kier molecular flexibility index (Phi) is 3.41. The van der Waals surface area contributed by atoms with Crippen molar-refractivity contribution in [2.45, 2.75) is 20.8 Å². The molecule has 5 nitrogen and oxygen atoms in total. The molecule has 2 aromatic heterocycles. The summed E-state index contributed by atoms with van der Waals surface area (Å²) in [4.78, 5) is 20.9. The van der Waals surface area contributed by atoms with Gasteiger partial charge in [0.15, 0.2) is 0 Å². The number of carbonyl (C=O) groups excluding carboxylic acids is 1. The van der Waals surface area contributed by atoms with E-state index in [-0.39, 0.29) is 5.91 Å². The quantitative estimate of drug-likeness (QED) is 0.788. The Balaban J connectivity index is 2.07. The number of anilines is 1. The Morgan fingerprint density at radius 1 is 1.18 bits per heavy atom. The smallest absolute Gasteiger partial charge is 0.229 e. The first kappa shape index (κ1) is 14.3. The van der Waals surface area contributed by atoms with Crippen LogP contribution in [0.4, 0.5) is 5.69 Å². The van der Waals surface area contributed by atoms with Crippen LogP contribution in [0.15, 0.2) is 49.1 Å². The van der Waals surface area contributed by atoms with E-state index in [0.717, 1.165) is 22.4 Å². The summed E-state index contributed by atoms with van der Waals surface area (Å²) >= 11 is 0. The van der Waals surface area contributed by atoms with Gasteiger partial charge in [0.1, 0.15) is 12.1 Å². The van der Waals surface area contributed by atoms with Crippen molar-refractivity contribution in [1.29, 1.82) is 0 Å². The number of pyridine rings is 1. The van der Waals surface area contributed by atoms with Crippen LogP contribution in [0.2, 0.25) is 0 Å². The number of para-hydroxylation sites is 1. The van der Waals surface area contributed by atoms with Gasteiger partial charge in [0.2, 0.25) is 5.91 Å². The molecule has 0 bridgehead atoms. The second-order valence-corrected chi connectivity index (χ2v) is 6.22. The van der Waals surface area contributed by atoms with E-state index in [1.807, 2.05) is 61.9 Å². The molecule has 0 radical (unpaired) electrons. The van der Waals surface area contributed by atoms with Crippen LogP contribution in [0.5, 0.6) is 0 Å². The van der Waals surface area contributed by atoms with Gasteiger partial charge in [-0.15, -0.1) is 0 Å². The summed E-state index contributed by atoms with van der Waals surface area (Å²) in [5.74, 6) is 0.734. The van der Waals surface area contributed by atoms with Crippen LogP contribution in [0, 0.1) is 5.41 Å². The molecule has 0 aliphatic heterocycles. The number of fused-ring (bicyclic) bond motifs is 1. The molecule has 0 spiro atoms. The lowest BCUT2D eigenvalue weighted by molar-refractivity contribution is -0.123. The van der Waals surface area contributed by atoms with Crippen LogP contribution >= 0.6 is 0 Å². The lowest BCUT2D eigenvalue weighted by atomic mass is 9.95. The maximum Gasteiger partial charge on any atom is 0.229 e. The zero-order chi connectivity index (χ0) is 15.7. The maximum atomic E-state index is 12.2. The third-order valence-corrected chi connectivity index (χ3v) is 3.40. The fourth-order valence-electron chi connectivity index (χ4n) is 2.09. The minimum atomic E-state index is -0.454. The Hall–Kier alpha value is -2.69. The van der Waals surface area contributed by atoms with Gasteiger partial charge in [0.05, 0.1) is 11.2 Å². The standard InChI is InChI=1S/C17H18N4O/c1-17(2,3)16(22)19-13-6-4-5-12-7-8-14(20-15(12)13)21-10-9-18-11-21/h4-11H,1-3H3,(H,19,22). The van der Waals surface area contributed by atoms with Crippen LogP contribution in [0.3, 0.4) is 0 Å². The largest absolute Gasteiger partial charge is 0.324 e. The summed E-state index contributed by atoms with van der Waals surface area (Å²) < 4.78 is 1.84. The second kappa shape index (κ2) is 5.26. The molecule has 0 aliphatic carbocycles. The van der Waals surface area contributed by atoms with E-state index in [4.69, 9.17) is 0 Å². The minimum Gasteiger partial charge on any atom is -0.324 e. The summed E-state index contributed by atoms with van der Waals surface area (Å²) in [6.45, 7) is 5.66. The topological polar surface area (TPSA) is 59.8 Å². The van der Waals surface area contributed by atoms with Gasteiger partial charge < -0.3 is 5.32 Å². The van der Waals surface area contributed by atoms with Gasteiger partial charge in [0.25, 0.3) is 0 Å². The predicted octanol–water partition coefficient (Wildman–Crippen LogP) is 3.41. The lowest BCUT2D eigenvalue weighted by Crippen LogP contribution is -2.27. The number of imidazole rings is 1. The highest BCUT2D eigenvalue weighted by Crippen LogP contribution is 2.25. The molecular weight excluding hydrogens is 276 g/mol. The fraction of sp³-hybridized carbons (Fsp3) is 0.235. The van der Waals surface area contributed by atoms with E-state index in [0.29, 0.717) is 0 Å². The second-order valence-electron chi connectivity index (χ2n) is 6.22. The summed E-state index contributed by atoms with van der Waals surface area (Å²) in [6.07, 6.45) is 5.24. The van der Waals surface area contributed by atoms with Crippen LogP contribution in [0.1, 0.15) is 20.8 Å². The number of nitrogens with one attached hydrogen (secondary N) is 1. The number of nitrogens with zero attached hydrogens (tertiary/aromatic N) is 3. The molecule has 0 unspecified atom stereocenters. The van der Waals surface area contributed by atoms with Crippen LogP contribution in [0.25, 0.3) is 16.7 Å². The molecule has 22 heavy (non-hydrogen) atoms. The van der Waals surface area contributed by atoms with Crippen molar-refractivity contribution in [2.75, 3.05) is 5.32 Å². The van der Waals surface area contributed by atoms with Crippen molar-refractivity contribution in [2.24, 2.45) is 5.41 Å². The molecule has 0 saturated heterocycles. The summed E-state index contributed by atoms with van der Waals surface area (Å²) in [7, 11) is 0. The summed E-state index contributed by atoms with van der Waals surface area (Å²) in [5, 5.41) is 3.95. The first-order chi connectivity index (χ1) is 10.4. The number of aromatic nitrogens is 3. The highest BCUT2D eigenvalue weighted by atomic mass is 16.2. The third kappa shape index (κ3) is 2.70.